The van der Waals surface area contributed by atoms with Crippen molar-refractivity contribution in [1.29, 1.82) is 0 Å². The highest BCUT2D eigenvalue weighted by Gasteiger charge is 2.29. The molecule has 0 fully saturated rings. The molecule has 4 heterocycles. The van der Waals surface area contributed by atoms with E-state index >= 15 is 0 Å². The molecule has 0 saturated heterocycles. The summed E-state index contributed by atoms with van der Waals surface area (Å²) in [7, 11) is -13.9. The number of hydrogen-bond donors (Lipinski definition) is 4. The van der Waals surface area contributed by atoms with Crippen LogP contribution in [0.25, 0.3) is 60.8 Å². The van der Waals surface area contributed by atoms with Gasteiger partial charge in [0.2, 0.25) is 11.5 Å². The number of rotatable bonds is 22. The van der Waals surface area contributed by atoms with E-state index in [2.05, 4.69) is 20.3 Å². The minimum absolute atomic E-state index is 0.0356. The maximum atomic E-state index is 11.9. The fraction of sp³-hybridized carbons (Fsp3) is 0.298. The van der Waals surface area contributed by atoms with E-state index in [0.717, 1.165) is 43.6 Å². The minimum Gasteiger partial charge on any atom is -0.439 e. The molecule has 0 bridgehead atoms. The Morgan fingerprint density at radius 3 is 1.74 bits per heavy atom. The van der Waals surface area contributed by atoms with Crippen LogP contribution in [0.1, 0.15) is 31.6 Å². The van der Waals surface area contributed by atoms with E-state index < -0.39 is 63.5 Å². The third-order valence-corrected chi connectivity index (χ3v) is 15.8. The predicted octanol–water partition coefficient (Wildman–Crippen LogP) is 7.53. The number of nitrogens with zero attached hydrogens (tertiary/aromatic N) is 7. The van der Waals surface area contributed by atoms with Crippen molar-refractivity contribution < 1.29 is 65.6 Å². The van der Waals surface area contributed by atoms with Gasteiger partial charge < -0.3 is 28.1 Å². The van der Waals surface area contributed by atoms with Crippen LogP contribution in [0.5, 0.6) is 5.75 Å². The largest absolute Gasteiger partial charge is 0.439 e. The van der Waals surface area contributed by atoms with Crippen molar-refractivity contribution >= 4 is 153 Å². The average Bonchev–Trinajstić information content (AvgIpc) is 4.00. The van der Waals surface area contributed by atoms with E-state index in [1.807, 2.05) is 71.8 Å². The first-order valence-electron chi connectivity index (χ1n) is 22.6. The lowest BCUT2D eigenvalue weighted by molar-refractivity contribution is -0.677. The van der Waals surface area contributed by atoms with Crippen molar-refractivity contribution in [3.05, 3.63) is 96.4 Å². The summed E-state index contributed by atoms with van der Waals surface area (Å²) < 4.78 is 153. The summed E-state index contributed by atoms with van der Waals surface area (Å²) in [5.41, 5.74) is 6.27. The fourth-order valence-corrected chi connectivity index (χ4v) is 11.4. The smallest absolute Gasteiger partial charge is 0.374 e. The number of aryl methyl sites for hydroxylation is 3. The third-order valence-electron chi connectivity index (χ3n) is 12.4. The quantitative estimate of drug-likeness (QED) is 0.0168. The van der Waals surface area contributed by atoms with Crippen LogP contribution in [0.15, 0.2) is 105 Å². The molecular formula is C47H48N7O14S6+. The van der Waals surface area contributed by atoms with Gasteiger partial charge in [0, 0.05) is 103 Å². The van der Waals surface area contributed by atoms with Crippen LogP contribution in [0.3, 0.4) is 0 Å². The second kappa shape index (κ2) is 21.6. The first-order valence-corrected chi connectivity index (χ1v) is 29.9. The van der Waals surface area contributed by atoms with E-state index in [0.29, 0.717) is 39.6 Å². The minimum atomic E-state index is -4.44. The van der Waals surface area contributed by atoms with Crippen molar-refractivity contribution in [1.82, 2.24) is 14.0 Å². The molecule has 0 saturated carbocycles. The number of isothiocyanates is 2. The molecule has 0 spiro atoms. The Balaban J connectivity index is 1.29. The zero-order chi connectivity index (χ0) is 53.3. The van der Waals surface area contributed by atoms with Gasteiger partial charge in [0.25, 0.3) is 46.0 Å². The van der Waals surface area contributed by atoms with Crippen molar-refractivity contribution in [2.75, 3.05) is 47.5 Å². The average molecular weight is 1130 g/mol. The Morgan fingerprint density at radius 2 is 1.19 bits per heavy atom. The van der Waals surface area contributed by atoms with E-state index in [-0.39, 0.29) is 63.6 Å². The number of fused-ring (bicyclic) bond motifs is 8. The molecule has 27 heteroatoms. The van der Waals surface area contributed by atoms with Crippen LogP contribution in [-0.4, -0.2) is 119 Å². The molecule has 0 atom stereocenters. The third kappa shape index (κ3) is 12.7. The van der Waals surface area contributed by atoms with E-state index in [9.17, 15) is 51.9 Å². The van der Waals surface area contributed by atoms with Gasteiger partial charge in [-0.05, 0) is 98.3 Å². The number of ether oxygens (including phenoxy) is 1. The first-order chi connectivity index (χ1) is 34.9. The molecule has 390 valence electrons. The molecule has 4 N–H and O–H groups in total. The molecule has 74 heavy (non-hydrogen) atoms. The lowest BCUT2D eigenvalue weighted by atomic mass is 10.1. The second-order valence-corrected chi connectivity index (χ2v) is 24.1. The van der Waals surface area contributed by atoms with Gasteiger partial charge in [-0.3, -0.25) is 18.2 Å². The molecule has 0 radical (unpaired) electrons. The Labute approximate surface area is 436 Å². The number of oxazole rings is 1. The molecule has 0 unspecified atom stereocenters. The molecule has 3 aromatic heterocycles. The SMILES string of the molecule is Cn1c2ccc(N=C=S)cc2c2cc3c(cc21)OC(=CC=C(C=Cc1oc2cc4c(cc2[n+]1CCCS(=O)(=O)O)c1cc(N=C=S)ccc1n4C)N(CCCS(=O)(=O)O)CCCS(=O)(=O)O)N3CCCS(=O)(=O)O. The monoisotopic (exact) mass is 1130 g/mol. The Hall–Kier alpha value is -6.19. The number of thiocarbonyl (C=S) groups is 2. The standard InChI is InChI=1S/C47H47N7O14S6/c1-50-38-11-7-31(48-29-69)23-34(38)36-25-42-44(27-40(36)50)67-46(53(42)17-5-21-73(61,62)63)13-9-33(52(15-3-19-71(55,56)57)16-4-20-72(58,59)60)10-14-47-54(18-6-22-74(64,65)66)43-26-37-35-24-32(49-30-70)8-12-39(35)51(2)41(37)28-45(43)68-47/h7-14,23-28H,3-6,15-22H2,1-2H3,(H3-,55,56,57,58,59,60,61,62,63,64,65,66)/p+1. The summed E-state index contributed by atoms with van der Waals surface area (Å²) in [5, 5.41) is 8.03. The normalized spacial score (nSPS) is 14.2. The van der Waals surface area contributed by atoms with Gasteiger partial charge in [-0.2, -0.15) is 48.2 Å². The number of allylic oxidation sites excluding steroid dienone is 3. The second-order valence-electron chi connectivity index (χ2n) is 17.4. The Bertz CT molecular complexity index is 4040. The van der Waals surface area contributed by atoms with Gasteiger partial charge >= 0.3 is 5.89 Å². The molecule has 4 aromatic carbocycles. The van der Waals surface area contributed by atoms with Crippen molar-refractivity contribution in [3.63, 3.8) is 0 Å². The Morgan fingerprint density at radius 1 is 0.676 bits per heavy atom. The van der Waals surface area contributed by atoms with Crippen LogP contribution in [0.4, 0.5) is 17.1 Å². The number of aromatic nitrogens is 3. The van der Waals surface area contributed by atoms with E-state index in [4.69, 9.17) is 33.6 Å². The molecule has 0 amide bonds. The molecule has 1 aliphatic rings. The lowest BCUT2D eigenvalue weighted by Gasteiger charge is -2.26. The maximum Gasteiger partial charge on any atom is 0.374 e. The van der Waals surface area contributed by atoms with Crippen LogP contribution >= 0.6 is 24.4 Å². The van der Waals surface area contributed by atoms with Gasteiger partial charge in [-0.15, -0.1) is 0 Å². The van der Waals surface area contributed by atoms with E-state index in [1.54, 1.807) is 50.8 Å². The number of hydrogen-bond acceptors (Lipinski definition) is 16. The molecule has 1 aliphatic heterocycles. The van der Waals surface area contributed by atoms with Gasteiger partial charge in [0.05, 0.1) is 67.5 Å². The van der Waals surface area contributed by atoms with Gasteiger partial charge in [0.1, 0.15) is 0 Å². The Kier molecular flexibility index (Phi) is 15.8. The van der Waals surface area contributed by atoms with E-state index in [1.165, 1.54) is 0 Å². The number of anilines is 1. The predicted molar refractivity (Wildman–Crippen MR) is 289 cm³/mol. The summed E-state index contributed by atoms with van der Waals surface area (Å²) in [6.45, 7) is -0.0682. The zero-order valence-electron chi connectivity index (χ0n) is 39.5. The lowest BCUT2D eigenvalue weighted by Crippen LogP contribution is -2.36. The fourth-order valence-electron chi connectivity index (χ4n) is 9.17. The molecular weight excluding hydrogens is 1080 g/mol. The molecule has 8 rings (SSSR count). The molecule has 21 nitrogen and oxygen atoms in total. The highest BCUT2D eigenvalue weighted by molar-refractivity contribution is 7.86. The summed E-state index contributed by atoms with van der Waals surface area (Å²) in [6.07, 6.45) is 5.98. The van der Waals surface area contributed by atoms with Crippen LogP contribution < -0.4 is 14.2 Å². The van der Waals surface area contributed by atoms with Gasteiger partial charge in [0.15, 0.2) is 12.3 Å². The summed E-state index contributed by atoms with van der Waals surface area (Å²) >= 11 is 9.68. The van der Waals surface area contributed by atoms with Crippen LogP contribution in [0.2, 0.25) is 0 Å². The highest BCUT2D eigenvalue weighted by Crippen LogP contribution is 2.45. The van der Waals surface area contributed by atoms with Crippen molar-refractivity contribution in [3.8, 4) is 5.75 Å². The number of aliphatic imine (C=N–C) groups is 2. The topological polar surface area (TPSA) is 285 Å². The van der Waals surface area contributed by atoms with Gasteiger partial charge in [-0.25, -0.2) is 0 Å². The summed E-state index contributed by atoms with van der Waals surface area (Å²) in [5.74, 6) is -1.65. The van der Waals surface area contributed by atoms with Crippen LogP contribution in [-0.2, 0) is 61.1 Å². The summed E-state index contributed by atoms with van der Waals surface area (Å²) in [6, 6.07) is 18.5. The summed E-state index contributed by atoms with van der Waals surface area (Å²) in [4.78, 5) is 11.6. The van der Waals surface area contributed by atoms with Crippen LogP contribution in [0, 0.1) is 0 Å². The van der Waals surface area contributed by atoms with Crippen molar-refractivity contribution in [2.24, 2.45) is 24.1 Å². The maximum absolute atomic E-state index is 11.9. The van der Waals surface area contributed by atoms with Crippen molar-refractivity contribution in [2.45, 2.75) is 32.2 Å². The molecule has 7 aromatic rings. The number of benzene rings is 4. The first kappa shape index (κ1) is 54.1. The molecule has 0 aliphatic carbocycles. The highest BCUT2D eigenvalue weighted by atomic mass is 32.2. The zero-order valence-corrected chi connectivity index (χ0v) is 44.4. The van der Waals surface area contributed by atoms with Gasteiger partial charge in [-0.1, -0.05) is 0 Å².